The molecule has 0 radical (unpaired) electrons. The Labute approximate surface area is 135 Å². The summed E-state index contributed by atoms with van der Waals surface area (Å²) in [5, 5.41) is 3.34. The fraction of sp³-hybridized carbons (Fsp3) is 0.286. The third kappa shape index (κ3) is 3.66. The van der Waals surface area contributed by atoms with Crippen LogP contribution in [0.15, 0.2) is 28.9 Å². The van der Waals surface area contributed by atoms with E-state index in [2.05, 4.69) is 73.7 Å². The van der Waals surface area contributed by atoms with Crippen LogP contribution in [0.25, 0.3) is 11.4 Å². The number of nitrogens with one attached hydrogen (secondary N) is 1. The molecule has 0 spiro atoms. The summed E-state index contributed by atoms with van der Waals surface area (Å²) in [5.74, 6) is 1.68. The molecule has 1 aromatic heterocycles. The van der Waals surface area contributed by atoms with Gasteiger partial charge in [0.1, 0.15) is 5.82 Å². The number of aryl methyl sites for hydroxylation is 1. The average molecular weight is 432 g/mol. The summed E-state index contributed by atoms with van der Waals surface area (Å²) in [6.45, 7) is 5.13. The molecule has 3 nitrogen and oxygen atoms in total. The van der Waals surface area contributed by atoms with Crippen LogP contribution in [-0.4, -0.2) is 16.5 Å². The van der Waals surface area contributed by atoms with Gasteiger partial charge in [0.15, 0.2) is 5.82 Å². The first-order valence-corrected chi connectivity index (χ1v) is 8.02. The third-order valence-corrected chi connectivity index (χ3v) is 4.00. The van der Waals surface area contributed by atoms with Crippen molar-refractivity contribution in [2.24, 2.45) is 0 Å². The standard InChI is InChI=1S/C14H15BrIN3/c1-3-6-17-14-12(16)8-18-13(19-14)11-5-4-10(15)7-9(11)2/h4-5,7-8H,3,6H2,1-2H3,(H,17,18,19). The Hall–Kier alpha value is -0.690. The first-order valence-electron chi connectivity index (χ1n) is 6.14. The van der Waals surface area contributed by atoms with Gasteiger partial charge in [0, 0.05) is 22.8 Å². The highest BCUT2D eigenvalue weighted by molar-refractivity contribution is 14.1. The predicted molar refractivity (Wildman–Crippen MR) is 91.4 cm³/mol. The Morgan fingerprint density at radius 2 is 2.16 bits per heavy atom. The number of aromatic nitrogens is 2. The highest BCUT2D eigenvalue weighted by Crippen LogP contribution is 2.25. The molecule has 19 heavy (non-hydrogen) atoms. The van der Waals surface area contributed by atoms with Crippen LogP contribution < -0.4 is 5.32 Å². The van der Waals surface area contributed by atoms with Gasteiger partial charge in [0.25, 0.3) is 0 Å². The predicted octanol–water partition coefficient (Wildman–Crippen LogP) is 4.64. The molecule has 1 heterocycles. The van der Waals surface area contributed by atoms with Gasteiger partial charge in [-0.3, -0.25) is 0 Å². The van der Waals surface area contributed by atoms with Crippen LogP contribution in [0, 0.1) is 10.5 Å². The second-order valence-corrected chi connectivity index (χ2v) is 6.35. The highest BCUT2D eigenvalue weighted by Gasteiger charge is 2.09. The number of nitrogens with zero attached hydrogens (tertiary/aromatic N) is 2. The van der Waals surface area contributed by atoms with E-state index < -0.39 is 0 Å². The maximum atomic E-state index is 4.63. The van der Waals surface area contributed by atoms with E-state index in [0.717, 1.165) is 43.8 Å². The molecular weight excluding hydrogens is 417 g/mol. The molecule has 0 aliphatic heterocycles. The maximum Gasteiger partial charge on any atom is 0.161 e. The Balaban J connectivity index is 2.39. The minimum absolute atomic E-state index is 0.768. The van der Waals surface area contributed by atoms with Crippen LogP contribution in [0.3, 0.4) is 0 Å². The lowest BCUT2D eigenvalue weighted by molar-refractivity contribution is 0.963. The van der Waals surface area contributed by atoms with Gasteiger partial charge in [-0.2, -0.15) is 0 Å². The van der Waals surface area contributed by atoms with Gasteiger partial charge < -0.3 is 5.32 Å². The molecule has 2 aromatic rings. The van der Waals surface area contributed by atoms with E-state index in [4.69, 9.17) is 0 Å². The first kappa shape index (κ1) is 14.7. The van der Waals surface area contributed by atoms with Gasteiger partial charge in [0.2, 0.25) is 0 Å². The van der Waals surface area contributed by atoms with Crippen molar-refractivity contribution in [2.45, 2.75) is 20.3 Å². The third-order valence-electron chi connectivity index (χ3n) is 2.72. The van der Waals surface area contributed by atoms with Gasteiger partial charge in [-0.1, -0.05) is 22.9 Å². The highest BCUT2D eigenvalue weighted by atomic mass is 127. The zero-order valence-electron chi connectivity index (χ0n) is 10.9. The lowest BCUT2D eigenvalue weighted by Crippen LogP contribution is -2.05. The minimum atomic E-state index is 0.768. The molecule has 0 saturated heterocycles. The lowest BCUT2D eigenvalue weighted by atomic mass is 10.1. The Morgan fingerprint density at radius 3 is 2.84 bits per heavy atom. The van der Waals surface area contributed by atoms with Crippen LogP contribution in [-0.2, 0) is 0 Å². The van der Waals surface area contributed by atoms with Crippen molar-refractivity contribution >= 4 is 44.3 Å². The molecule has 0 amide bonds. The summed E-state index contributed by atoms with van der Waals surface area (Å²) in [7, 11) is 0. The normalized spacial score (nSPS) is 10.5. The van der Waals surface area contributed by atoms with Crippen LogP contribution in [0.4, 0.5) is 5.82 Å². The van der Waals surface area contributed by atoms with E-state index in [9.17, 15) is 0 Å². The SMILES string of the molecule is CCCNc1nc(-c2ccc(Br)cc2C)ncc1I. The van der Waals surface area contributed by atoms with E-state index >= 15 is 0 Å². The van der Waals surface area contributed by atoms with E-state index in [0.29, 0.717) is 0 Å². The number of anilines is 1. The number of hydrogen-bond acceptors (Lipinski definition) is 3. The molecule has 100 valence electrons. The maximum absolute atomic E-state index is 4.63. The van der Waals surface area contributed by atoms with Crippen LogP contribution in [0.2, 0.25) is 0 Å². The molecule has 0 unspecified atom stereocenters. The van der Waals surface area contributed by atoms with Gasteiger partial charge in [-0.15, -0.1) is 0 Å². The van der Waals surface area contributed by atoms with Gasteiger partial charge in [-0.05, 0) is 59.7 Å². The molecule has 5 heteroatoms. The van der Waals surface area contributed by atoms with Crippen molar-refractivity contribution in [1.29, 1.82) is 0 Å². The van der Waals surface area contributed by atoms with Crippen LogP contribution in [0.1, 0.15) is 18.9 Å². The zero-order chi connectivity index (χ0) is 13.8. The molecule has 0 aliphatic carbocycles. The van der Waals surface area contributed by atoms with Gasteiger partial charge in [-0.25, -0.2) is 9.97 Å². The number of benzene rings is 1. The van der Waals surface area contributed by atoms with E-state index in [1.54, 1.807) is 0 Å². The zero-order valence-corrected chi connectivity index (χ0v) is 14.6. The summed E-state index contributed by atoms with van der Waals surface area (Å²) in [4.78, 5) is 9.06. The smallest absolute Gasteiger partial charge is 0.161 e. The van der Waals surface area contributed by atoms with Crippen molar-refractivity contribution in [3.63, 3.8) is 0 Å². The first-order chi connectivity index (χ1) is 9.11. The van der Waals surface area contributed by atoms with Gasteiger partial charge >= 0.3 is 0 Å². The molecule has 0 fully saturated rings. The van der Waals surface area contributed by atoms with E-state index in [1.165, 1.54) is 0 Å². The van der Waals surface area contributed by atoms with E-state index in [-0.39, 0.29) is 0 Å². The minimum Gasteiger partial charge on any atom is -0.369 e. The molecule has 0 bridgehead atoms. The van der Waals surface area contributed by atoms with Crippen LogP contribution >= 0.6 is 38.5 Å². The molecule has 1 aromatic carbocycles. The lowest BCUT2D eigenvalue weighted by Gasteiger charge is -2.10. The Kier molecular flexibility index (Phi) is 5.15. The van der Waals surface area contributed by atoms with Gasteiger partial charge in [0.05, 0.1) is 3.57 Å². The second-order valence-electron chi connectivity index (χ2n) is 4.28. The Bertz CT molecular complexity index is 587. The molecule has 0 saturated carbocycles. The number of rotatable bonds is 4. The topological polar surface area (TPSA) is 37.8 Å². The summed E-state index contributed by atoms with van der Waals surface area (Å²) in [6.07, 6.45) is 2.94. The summed E-state index contributed by atoms with van der Waals surface area (Å²) < 4.78 is 2.12. The van der Waals surface area contributed by atoms with Crippen molar-refractivity contribution < 1.29 is 0 Å². The quantitative estimate of drug-likeness (QED) is 0.716. The summed E-state index contributed by atoms with van der Waals surface area (Å²) in [5.41, 5.74) is 2.23. The largest absolute Gasteiger partial charge is 0.369 e. The molecule has 0 aliphatic rings. The van der Waals surface area contributed by atoms with Crippen molar-refractivity contribution in [2.75, 3.05) is 11.9 Å². The summed E-state index contributed by atoms with van der Waals surface area (Å²) >= 11 is 5.73. The number of hydrogen-bond donors (Lipinski definition) is 1. The van der Waals surface area contributed by atoms with Crippen molar-refractivity contribution in [1.82, 2.24) is 9.97 Å². The van der Waals surface area contributed by atoms with E-state index in [1.807, 2.05) is 18.3 Å². The fourth-order valence-electron chi connectivity index (χ4n) is 1.74. The monoisotopic (exact) mass is 431 g/mol. The number of halogens is 2. The summed E-state index contributed by atoms with van der Waals surface area (Å²) in [6, 6.07) is 6.14. The average Bonchev–Trinajstić information content (AvgIpc) is 2.38. The second kappa shape index (κ2) is 6.65. The van der Waals surface area contributed by atoms with Crippen molar-refractivity contribution in [3.8, 4) is 11.4 Å². The molecule has 0 atom stereocenters. The Morgan fingerprint density at radius 1 is 1.37 bits per heavy atom. The molecular formula is C14H15BrIN3. The molecule has 1 N–H and O–H groups in total. The fourth-order valence-corrected chi connectivity index (χ4v) is 2.67. The van der Waals surface area contributed by atoms with Crippen LogP contribution in [0.5, 0.6) is 0 Å². The van der Waals surface area contributed by atoms with Crippen molar-refractivity contribution in [3.05, 3.63) is 38.0 Å². The molecule has 2 rings (SSSR count).